The third-order valence-electron chi connectivity index (χ3n) is 3.42. The number of hydrogen-bond acceptors (Lipinski definition) is 4. The first-order valence-electron chi connectivity index (χ1n) is 7.88. The van der Waals surface area contributed by atoms with E-state index in [1.54, 1.807) is 6.20 Å². The molecule has 1 heterocycles. The molecule has 0 radical (unpaired) electrons. The van der Waals surface area contributed by atoms with Crippen molar-refractivity contribution in [3.8, 4) is 0 Å². The van der Waals surface area contributed by atoms with Crippen LogP contribution in [0, 0.1) is 0 Å². The summed E-state index contributed by atoms with van der Waals surface area (Å²) in [5.41, 5.74) is 0.555. The van der Waals surface area contributed by atoms with Gasteiger partial charge in [-0.2, -0.15) is 5.10 Å². The molecule has 0 amide bonds. The molecule has 21 heavy (non-hydrogen) atoms. The van der Waals surface area contributed by atoms with Crippen LogP contribution in [0.4, 0.5) is 5.69 Å². The largest absolute Gasteiger partial charge is 0.383 e. The number of H-pyrrole nitrogens is 1. The molecule has 0 bridgehead atoms. The number of aromatic amines is 1. The van der Waals surface area contributed by atoms with Crippen molar-refractivity contribution in [2.24, 2.45) is 0 Å². The Hall–Kier alpha value is -0.880. The normalized spacial score (nSPS) is 11.0. The van der Waals surface area contributed by atoms with E-state index >= 15 is 0 Å². The smallest absolute Gasteiger partial charge is 0.280 e. The molecule has 0 unspecified atom stereocenters. The number of halogens is 1. The number of aromatic nitrogens is 2. The van der Waals surface area contributed by atoms with Gasteiger partial charge in [0.15, 0.2) is 0 Å². The predicted molar refractivity (Wildman–Crippen MR) is 91.9 cm³/mol. The molecule has 0 fully saturated rings. The maximum absolute atomic E-state index is 11.4. The fourth-order valence-electron chi connectivity index (χ4n) is 2.13. The summed E-state index contributed by atoms with van der Waals surface area (Å²) in [6.45, 7) is 8.78. The molecule has 0 saturated heterocycles. The lowest BCUT2D eigenvalue weighted by Crippen LogP contribution is -2.28. The molecule has 0 atom stereocenters. The second kappa shape index (κ2) is 10.8. The minimum absolute atomic E-state index is 0.201. The Kier molecular flexibility index (Phi) is 9.34. The topological polar surface area (TPSA) is 61.0 Å². The van der Waals surface area contributed by atoms with E-state index in [9.17, 15) is 4.79 Å². The molecule has 6 heteroatoms. The lowest BCUT2D eigenvalue weighted by atomic mass is 10.2. The highest BCUT2D eigenvalue weighted by atomic mass is 79.9. The van der Waals surface area contributed by atoms with Gasteiger partial charge in [0.25, 0.3) is 5.56 Å². The van der Waals surface area contributed by atoms with Gasteiger partial charge in [0.05, 0.1) is 11.9 Å². The average Bonchev–Trinajstić information content (AvgIpc) is 2.49. The highest BCUT2D eigenvalue weighted by Gasteiger charge is 2.05. The summed E-state index contributed by atoms with van der Waals surface area (Å²) >= 11 is 3.27. The molecule has 5 nitrogen and oxygen atoms in total. The van der Waals surface area contributed by atoms with Gasteiger partial charge in [0, 0.05) is 6.54 Å². The molecular weight excluding hydrogens is 332 g/mol. The van der Waals surface area contributed by atoms with Crippen LogP contribution in [-0.4, -0.2) is 41.3 Å². The van der Waals surface area contributed by atoms with Crippen LogP contribution in [0.25, 0.3) is 0 Å². The zero-order chi connectivity index (χ0) is 15.5. The van der Waals surface area contributed by atoms with Crippen molar-refractivity contribution in [3.63, 3.8) is 0 Å². The summed E-state index contributed by atoms with van der Waals surface area (Å²) < 4.78 is 0.520. The second-order valence-electron chi connectivity index (χ2n) is 5.26. The van der Waals surface area contributed by atoms with Gasteiger partial charge in [-0.3, -0.25) is 4.79 Å². The Morgan fingerprint density at radius 3 is 2.43 bits per heavy atom. The molecular formula is C15H27BrN4O. The number of rotatable bonds is 11. The summed E-state index contributed by atoms with van der Waals surface area (Å²) in [7, 11) is 0. The van der Waals surface area contributed by atoms with Crippen LogP contribution in [0.15, 0.2) is 15.5 Å². The first kappa shape index (κ1) is 18.2. The third kappa shape index (κ3) is 7.09. The van der Waals surface area contributed by atoms with Crippen LogP contribution in [0.1, 0.15) is 46.0 Å². The minimum Gasteiger partial charge on any atom is -0.383 e. The second-order valence-corrected chi connectivity index (χ2v) is 6.05. The summed E-state index contributed by atoms with van der Waals surface area (Å²) in [4.78, 5) is 13.9. The van der Waals surface area contributed by atoms with Crippen molar-refractivity contribution in [2.45, 2.75) is 46.0 Å². The molecule has 2 N–H and O–H groups in total. The van der Waals surface area contributed by atoms with Crippen molar-refractivity contribution in [1.29, 1.82) is 0 Å². The van der Waals surface area contributed by atoms with E-state index in [2.05, 4.69) is 50.2 Å². The monoisotopic (exact) mass is 358 g/mol. The lowest BCUT2D eigenvalue weighted by molar-refractivity contribution is 0.264. The molecule has 0 aliphatic rings. The van der Waals surface area contributed by atoms with Gasteiger partial charge in [-0.05, 0) is 54.8 Å². The van der Waals surface area contributed by atoms with Crippen molar-refractivity contribution < 1.29 is 0 Å². The van der Waals surface area contributed by atoms with Crippen molar-refractivity contribution in [3.05, 3.63) is 21.0 Å². The highest BCUT2D eigenvalue weighted by molar-refractivity contribution is 9.10. The van der Waals surface area contributed by atoms with Crippen LogP contribution < -0.4 is 10.9 Å². The van der Waals surface area contributed by atoms with Crippen molar-refractivity contribution in [1.82, 2.24) is 15.1 Å². The number of hydrogen-bond donors (Lipinski definition) is 2. The molecule has 0 spiro atoms. The van der Waals surface area contributed by atoms with E-state index in [-0.39, 0.29) is 5.56 Å². The quantitative estimate of drug-likeness (QED) is 0.596. The molecule has 1 aromatic heterocycles. The van der Waals surface area contributed by atoms with Gasteiger partial charge in [-0.25, -0.2) is 5.10 Å². The van der Waals surface area contributed by atoms with Crippen LogP contribution in [0.5, 0.6) is 0 Å². The Morgan fingerprint density at radius 2 is 1.81 bits per heavy atom. The maximum atomic E-state index is 11.4. The first-order valence-corrected chi connectivity index (χ1v) is 8.67. The van der Waals surface area contributed by atoms with Gasteiger partial charge in [-0.15, -0.1) is 0 Å². The zero-order valence-corrected chi connectivity index (χ0v) is 14.7. The zero-order valence-electron chi connectivity index (χ0n) is 13.1. The Labute approximate surface area is 135 Å². The minimum atomic E-state index is -0.201. The third-order valence-corrected chi connectivity index (χ3v) is 4.21. The molecule has 0 aliphatic heterocycles. The van der Waals surface area contributed by atoms with E-state index in [1.807, 2.05) is 0 Å². The van der Waals surface area contributed by atoms with Gasteiger partial charge in [-0.1, -0.05) is 26.7 Å². The van der Waals surface area contributed by atoms with Gasteiger partial charge in [0.1, 0.15) is 4.47 Å². The van der Waals surface area contributed by atoms with E-state index in [0.717, 1.165) is 25.2 Å². The standard InChI is InChI=1S/C15H27BrN4O/c1-3-5-9-20(10-6-4-2)11-7-8-17-13-12-18-19-15(21)14(13)16/h12H,3-11H2,1-2H3,(H2,17,19,21). The number of nitrogens with one attached hydrogen (secondary N) is 2. The summed E-state index contributed by atoms with van der Waals surface area (Å²) in [5, 5.41) is 9.46. The molecule has 0 saturated carbocycles. The van der Waals surface area contributed by atoms with Crippen molar-refractivity contribution in [2.75, 3.05) is 31.5 Å². The van der Waals surface area contributed by atoms with E-state index in [1.165, 1.54) is 38.8 Å². The lowest BCUT2D eigenvalue weighted by Gasteiger charge is -2.22. The fraction of sp³-hybridized carbons (Fsp3) is 0.733. The van der Waals surface area contributed by atoms with Crippen molar-refractivity contribution >= 4 is 21.6 Å². The number of nitrogens with zero attached hydrogens (tertiary/aromatic N) is 2. The van der Waals surface area contributed by atoms with Crippen LogP contribution >= 0.6 is 15.9 Å². The van der Waals surface area contributed by atoms with Gasteiger partial charge >= 0.3 is 0 Å². The summed E-state index contributed by atoms with van der Waals surface area (Å²) in [6.07, 6.45) is 7.71. The Bertz CT molecular complexity index is 442. The SMILES string of the molecule is CCCCN(CCCC)CCCNc1cn[nH]c(=O)c1Br. The van der Waals surface area contributed by atoms with Crippen LogP contribution in [0.3, 0.4) is 0 Å². The molecule has 120 valence electrons. The highest BCUT2D eigenvalue weighted by Crippen LogP contribution is 2.14. The van der Waals surface area contributed by atoms with E-state index in [4.69, 9.17) is 0 Å². The summed E-state index contributed by atoms with van der Waals surface area (Å²) in [5.74, 6) is 0. The average molecular weight is 359 g/mol. The predicted octanol–water partition coefficient (Wildman–Crippen LogP) is 3.24. The molecule has 1 rings (SSSR count). The molecule has 0 aliphatic carbocycles. The fourth-order valence-corrected chi connectivity index (χ4v) is 2.46. The molecule has 0 aromatic carbocycles. The maximum Gasteiger partial charge on any atom is 0.280 e. The van der Waals surface area contributed by atoms with Gasteiger partial charge < -0.3 is 10.2 Å². The first-order chi connectivity index (χ1) is 10.2. The van der Waals surface area contributed by atoms with Crippen LogP contribution in [0.2, 0.25) is 0 Å². The number of unbranched alkanes of at least 4 members (excludes halogenated alkanes) is 2. The van der Waals surface area contributed by atoms with Gasteiger partial charge in [0.2, 0.25) is 0 Å². The van der Waals surface area contributed by atoms with Crippen LogP contribution in [-0.2, 0) is 0 Å². The Morgan fingerprint density at radius 1 is 1.19 bits per heavy atom. The Balaban J connectivity index is 2.32. The number of anilines is 1. The van der Waals surface area contributed by atoms with E-state index < -0.39 is 0 Å². The summed E-state index contributed by atoms with van der Waals surface area (Å²) in [6, 6.07) is 0. The molecule has 1 aromatic rings. The van der Waals surface area contributed by atoms with E-state index in [0.29, 0.717) is 4.47 Å².